The van der Waals surface area contributed by atoms with Gasteiger partial charge in [0.15, 0.2) is 0 Å². The Morgan fingerprint density at radius 2 is 1.21 bits per heavy atom. The topological polar surface area (TPSA) is 0 Å². The summed E-state index contributed by atoms with van der Waals surface area (Å²) < 4.78 is 0. The van der Waals surface area contributed by atoms with Crippen LogP contribution in [0.25, 0.3) is 39.0 Å². The van der Waals surface area contributed by atoms with E-state index in [0.29, 0.717) is 5.92 Å². The van der Waals surface area contributed by atoms with Crippen molar-refractivity contribution in [2.24, 2.45) is 11.8 Å². The average Bonchev–Trinajstić information content (AvgIpc) is 3.27. The molecule has 4 unspecified atom stereocenters. The van der Waals surface area contributed by atoms with Crippen molar-refractivity contribution in [1.29, 1.82) is 0 Å². The van der Waals surface area contributed by atoms with Crippen molar-refractivity contribution in [2.45, 2.75) is 38.5 Å². The van der Waals surface area contributed by atoms with Crippen molar-refractivity contribution in [3.8, 4) is 33.4 Å². The Balaban J connectivity index is 1.36. The third kappa shape index (κ3) is 7.39. The minimum Gasteiger partial charge on any atom is -0.0991 e. The third-order valence-corrected chi connectivity index (χ3v) is 12.3. The van der Waals surface area contributed by atoms with E-state index >= 15 is 0 Å². The summed E-state index contributed by atoms with van der Waals surface area (Å²) in [4.78, 5) is 0. The van der Waals surface area contributed by atoms with E-state index in [1.165, 1.54) is 72.3 Å². The molecule has 2 aliphatic rings. The zero-order valence-corrected chi connectivity index (χ0v) is 34.0. The predicted molar refractivity (Wildman–Crippen MR) is 250 cm³/mol. The SMILES string of the molecule is C=C/C=C(\C=C)C(C1=CC=CCC1C)(c1ccccc1)c1cc(-c2cccc(-c3cccc(C)c3)c2)cc(C2C=CC=C(c3cccc(-c4ccccc4)c3)C2C)c1. The van der Waals surface area contributed by atoms with Gasteiger partial charge in [-0.05, 0) is 116 Å². The molecule has 0 aliphatic heterocycles. The summed E-state index contributed by atoms with van der Waals surface area (Å²) in [6.07, 6.45) is 21.0. The molecule has 6 aromatic carbocycles. The van der Waals surface area contributed by atoms with Crippen LogP contribution < -0.4 is 0 Å². The molecule has 58 heavy (non-hydrogen) atoms. The molecule has 2 aliphatic carbocycles. The summed E-state index contributed by atoms with van der Waals surface area (Å²) in [5.41, 5.74) is 16.8. The van der Waals surface area contributed by atoms with Gasteiger partial charge in [0, 0.05) is 5.92 Å². The van der Waals surface area contributed by atoms with E-state index in [9.17, 15) is 0 Å². The standard InChI is InChI=1S/C58H52/c1-6-20-52(7-2)58(53-30-12-9-13-31-53,57-34-15-14-22-42(57)4)54-39-50(48-28-17-27-47(36-48)45-25-16-21-41(3)35-45)38-51(40-54)56-33-19-32-55(43(56)5)49-29-18-26-46(37-49)44-23-10-8-11-24-44/h6-21,23-40,42-43,56H,1-2,22H2,3-5H3/b52-20+. The predicted octanol–water partition coefficient (Wildman–Crippen LogP) is 15.5. The Hall–Kier alpha value is -6.50. The largest absolute Gasteiger partial charge is 0.0991 e. The van der Waals surface area contributed by atoms with Crippen LogP contribution in [0.15, 0.2) is 231 Å². The average molecular weight is 749 g/mol. The Morgan fingerprint density at radius 3 is 1.90 bits per heavy atom. The van der Waals surface area contributed by atoms with Crippen molar-refractivity contribution in [1.82, 2.24) is 0 Å². The van der Waals surface area contributed by atoms with E-state index < -0.39 is 5.41 Å². The van der Waals surface area contributed by atoms with Gasteiger partial charge >= 0.3 is 0 Å². The fraction of sp³-hybridized carbons (Fsp3) is 0.138. The molecule has 0 aromatic heterocycles. The number of hydrogen-bond donors (Lipinski definition) is 0. The van der Waals surface area contributed by atoms with Crippen LogP contribution in [-0.2, 0) is 5.41 Å². The Morgan fingerprint density at radius 1 is 0.586 bits per heavy atom. The summed E-state index contributed by atoms with van der Waals surface area (Å²) in [7, 11) is 0. The molecule has 6 aromatic rings. The third-order valence-electron chi connectivity index (χ3n) is 12.3. The smallest absolute Gasteiger partial charge is 0.0667 e. The molecule has 0 nitrogen and oxygen atoms in total. The minimum absolute atomic E-state index is 0.140. The molecule has 0 fully saturated rings. The molecule has 8 rings (SSSR count). The minimum atomic E-state index is -0.620. The normalized spacial score (nSPS) is 18.8. The highest BCUT2D eigenvalue weighted by Crippen LogP contribution is 2.52. The van der Waals surface area contributed by atoms with Gasteiger partial charge in [0.05, 0.1) is 5.41 Å². The van der Waals surface area contributed by atoms with Crippen molar-refractivity contribution in [3.63, 3.8) is 0 Å². The lowest BCUT2D eigenvalue weighted by atomic mass is 9.59. The van der Waals surface area contributed by atoms with E-state index in [2.05, 4.69) is 234 Å². The summed E-state index contributed by atoms with van der Waals surface area (Å²) in [5.74, 6) is 0.665. The molecule has 0 radical (unpaired) electrons. The molecule has 0 heterocycles. The number of hydrogen-bond acceptors (Lipinski definition) is 0. The number of aryl methyl sites for hydroxylation is 1. The summed E-state index contributed by atoms with van der Waals surface area (Å²) >= 11 is 0. The molecule has 0 heteroatoms. The quantitative estimate of drug-likeness (QED) is 0.116. The second-order valence-corrected chi connectivity index (χ2v) is 15.9. The zero-order valence-electron chi connectivity index (χ0n) is 34.0. The molecular weight excluding hydrogens is 697 g/mol. The molecule has 0 N–H and O–H groups in total. The van der Waals surface area contributed by atoms with Gasteiger partial charge in [-0.1, -0.05) is 221 Å². The van der Waals surface area contributed by atoms with Gasteiger partial charge in [0.2, 0.25) is 0 Å². The molecular formula is C58H52. The summed E-state index contributed by atoms with van der Waals surface area (Å²) in [5, 5.41) is 0. The van der Waals surface area contributed by atoms with Crippen LogP contribution in [0.5, 0.6) is 0 Å². The summed E-state index contributed by atoms with van der Waals surface area (Å²) in [6, 6.07) is 56.0. The van der Waals surface area contributed by atoms with Crippen molar-refractivity contribution >= 4 is 5.57 Å². The number of benzene rings is 6. The van der Waals surface area contributed by atoms with Crippen LogP contribution in [0.3, 0.4) is 0 Å². The first kappa shape index (κ1) is 38.4. The molecule has 4 atom stereocenters. The fourth-order valence-electron chi connectivity index (χ4n) is 9.39. The maximum atomic E-state index is 4.47. The lowest BCUT2D eigenvalue weighted by Gasteiger charge is -2.43. The Bertz CT molecular complexity index is 2610. The maximum Gasteiger partial charge on any atom is 0.0667 e. The van der Waals surface area contributed by atoms with Crippen molar-refractivity contribution < 1.29 is 0 Å². The van der Waals surface area contributed by atoms with Crippen LogP contribution in [-0.4, -0.2) is 0 Å². The van der Waals surface area contributed by atoms with E-state index in [0.717, 1.165) is 12.0 Å². The van der Waals surface area contributed by atoms with Gasteiger partial charge in [0.25, 0.3) is 0 Å². The van der Waals surface area contributed by atoms with Gasteiger partial charge in [-0.15, -0.1) is 0 Å². The van der Waals surface area contributed by atoms with Gasteiger partial charge in [-0.2, -0.15) is 0 Å². The first-order chi connectivity index (χ1) is 28.4. The maximum absolute atomic E-state index is 4.47. The van der Waals surface area contributed by atoms with E-state index in [-0.39, 0.29) is 11.8 Å². The fourth-order valence-corrected chi connectivity index (χ4v) is 9.39. The van der Waals surface area contributed by atoms with Crippen LogP contribution in [0, 0.1) is 18.8 Å². The van der Waals surface area contributed by atoms with E-state index in [4.69, 9.17) is 0 Å². The Labute approximate surface area is 346 Å². The molecule has 284 valence electrons. The number of rotatable bonds is 11. The van der Waals surface area contributed by atoms with E-state index in [1.54, 1.807) is 0 Å². The van der Waals surface area contributed by atoms with Gasteiger partial charge < -0.3 is 0 Å². The van der Waals surface area contributed by atoms with Gasteiger partial charge in [-0.3, -0.25) is 0 Å². The second kappa shape index (κ2) is 16.9. The second-order valence-electron chi connectivity index (χ2n) is 15.9. The first-order valence-electron chi connectivity index (χ1n) is 20.7. The summed E-state index contributed by atoms with van der Waals surface area (Å²) in [6.45, 7) is 15.6. The molecule has 0 saturated heterocycles. The number of allylic oxidation sites excluding steroid dienone is 12. The zero-order chi connectivity index (χ0) is 40.1. The van der Waals surface area contributed by atoms with Crippen molar-refractivity contribution in [3.05, 3.63) is 258 Å². The highest BCUT2D eigenvalue weighted by atomic mass is 14.4. The molecule has 0 saturated carbocycles. The van der Waals surface area contributed by atoms with Crippen LogP contribution in [0.1, 0.15) is 54.0 Å². The van der Waals surface area contributed by atoms with Crippen LogP contribution in [0.2, 0.25) is 0 Å². The van der Waals surface area contributed by atoms with Crippen LogP contribution in [0.4, 0.5) is 0 Å². The first-order valence-corrected chi connectivity index (χ1v) is 20.7. The van der Waals surface area contributed by atoms with Gasteiger partial charge in [-0.25, -0.2) is 0 Å². The molecule has 0 amide bonds. The monoisotopic (exact) mass is 748 g/mol. The van der Waals surface area contributed by atoms with Gasteiger partial charge in [0.1, 0.15) is 0 Å². The molecule has 0 spiro atoms. The highest BCUT2D eigenvalue weighted by Gasteiger charge is 2.43. The van der Waals surface area contributed by atoms with E-state index in [1.807, 2.05) is 6.08 Å². The highest BCUT2D eigenvalue weighted by molar-refractivity contribution is 5.78. The Kier molecular flexibility index (Phi) is 11.2. The lowest BCUT2D eigenvalue weighted by molar-refractivity contribution is 0.566. The van der Waals surface area contributed by atoms with Crippen molar-refractivity contribution in [2.75, 3.05) is 0 Å². The molecule has 0 bridgehead atoms. The lowest BCUT2D eigenvalue weighted by Crippen LogP contribution is -2.36. The van der Waals surface area contributed by atoms with Crippen LogP contribution >= 0.6 is 0 Å².